The number of benzene rings is 2. The van der Waals surface area contributed by atoms with Gasteiger partial charge >= 0.3 is 6.18 Å². The number of halogens is 3. The number of nitrogens with zero attached hydrogens (tertiary/aromatic N) is 1. The van der Waals surface area contributed by atoms with Gasteiger partial charge in [0.25, 0.3) is 0 Å². The van der Waals surface area contributed by atoms with Crippen molar-refractivity contribution >= 4 is 35.0 Å². The van der Waals surface area contributed by atoms with E-state index in [4.69, 9.17) is 0 Å². The van der Waals surface area contributed by atoms with Crippen molar-refractivity contribution in [3.05, 3.63) is 59.7 Å². The summed E-state index contributed by atoms with van der Waals surface area (Å²) in [5.74, 6) is -0.0271. The molecule has 1 saturated heterocycles. The van der Waals surface area contributed by atoms with Crippen molar-refractivity contribution in [2.24, 2.45) is 5.41 Å². The maximum absolute atomic E-state index is 12.8. The van der Waals surface area contributed by atoms with Crippen LogP contribution in [0.3, 0.4) is 0 Å². The van der Waals surface area contributed by atoms with E-state index in [1.165, 1.54) is 28.8 Å². The molecule has 8 heteroatoms. The van der Waals surface area contributed by atoms with E-state index in [0.29, 0.717) is 11.4 Å². The van der Waals surface area contributed by atoms with Crippen molar-refractivity contribution in [1.82, 2.24) is 0 Å². The Bertz CT molecular complexity index is 904. The minimum Gasteiger partial charge on any atom is -0.326 e. The van der Waals surface area contributed by atoms with Gasteiger partial charge in [-0.25, -0.2) is 0 Å². The number of carbonyl (C=O) groups is 2. The highest BCUT2D eigenvalue weighted by Gasteiger charge is 2.35. The van der Waals surface area contributed by atoms with Gasteiger partial charge in [0, 0.05) is 16.8 Å². The molecule has 1 aliphatic rings. The zero-order valence-electron chi connectivity index (χ0n) is 16.2. The molecule has 1 fully saturated rings. The van der Waals surface area contributed by atoms with E-state index in [2.05, 4.69) is 5.32 Å². The van der Waals surface area contributed by atoms with Crippen LogP contribution < -0.4 is 10.2 Å². The largest absolute Gasteiger partial charge is 0.416 e. The van der Waals surface area contributed by atoms with E-state index in [9.17, 15) is 22.8 Å². The third-order valence-electron chi connectivity index (χ3n) is 4.48. The van der Waals surface area contributed by atoms with Gasteiger partial charge in [0.15, 0.2) is 0 Å². The minimum atomic E-state index is -4.42. The third kappa shape index (κ3) is 4.75. The molecule has 154 valence electrons. The Morgan fingerprint density at radius 2 is 1.62 bits per heavy atom. The SMILES string of the molecule is CC(C)(C)C(=O)Nc1ccc(C2SCC(=O)N2c2ccc(C(F)(F)F)cc2)cc1. The van der Waals surface area contributed by atoms with Crippen LogP contribution in [0.25, 0.3) is 0 Å². The Morgan fingerprint density at radius 3 is 2.14 bits per heavy atom. The van der Waals surface area contributed by atoms with Crippen LogP contribution >= 0.6 is 11.8 Å². The van der Waals surface area contributed by atoms with Gasteiger partial charge in [-0.1, -0.05) is 32.9 Å². The summed E-state index contributed by atoms with van der Waals surface area (Å²) in [6, 6.07) is 11.7. The zero-order chi connectivity index (χ0) is 21.4. The van der Waals surface area contributed by atoms with Crippen molar-refractivity contribution in [3.8, 4) is 0 Å². The number of rotatable bonds is 3. The van der Waals surface area contributed by atoms with Gasteiger partial charge in [0.05, 0.1) is 11.3 Å². The average Bonchev–Trinajstić information content (AvgIpc) is 3.02. The molecule has 0 saturated carbocycles. The van der Waals surface area contributed by atoms with Crippen LogP contribution in [0.1, 0.15) is 37.3 Å². The second-order valence-electron chi connectivity index (χ2n) is 7.80. The summed E-state index contributed by atoms with van der Waals surface area (Å²) in [6.45, 7) is 5.46. The summed E-state index contributed by atoms with van der Waals surface area (Å²) in [7, 11) is 0. The van der Waals surface area contributed by atoms with Crippen molar-refractivity contribution in [1.29, 1.82) is 0 Å². The first-order chi connectivity index (χ1) is 13.5. The smallest absolute Gasteiger partial charge is 0.326 e. The molecule has 0 bridgehead atoms. The molecule has 0 aliphatic carbocycles. The van der Waals surface area contributed by atoms with Crippen LogP contribution in [0.15, 0.2) is 48.5 Å². The fraction of sp³-hybridized carbons (Fsp3) is 0.333. The molecule has 0 aromatic heterocycles. The Morgan fingerprint density at radius 1 is 1.03 bits per heavy atom. The van der Waals surface area contributed by atoms with E-state index in [1.807, 2.05) is 32.9 Å². The summed E-state index contributed by atoms with van der Waals surface area (Å²) in [6.07, 6.45) is -4.42. The second kappa shape index (κ2) is 7.74. The highest BCUT2D eigenvalue weighted by atomic mass is 32.2. The Kier molecular flexibility index (Phi) is 5.67. The van der Waals surface area contributed by atoms with Crippen molar-refractivity contribution < 1.29 is 22.8 Å². The van der Waals surface area contributed by atoms with E-state index in [0.717, 1.165) is 17.7 Å². The lowest BCUT2D eigenvalue weighted by atomic mass is 9.95. The molecule has 2 amide bonds. The molecule has 0 spiro atoms. The number of hydrogen-bond donors (Lipinski definition) is 1. The van der Waals surface area contributed by atoms with Gasteiger partial charge < -0.3 is 5.32 Å². The van der Waals surface area contributed by atoms with Gasteiger partial charge in [-0.2, -0.15) is 13.2 Å². The Balaban J connectivity index is 1.81. The van der Waals surface area contributed by atoms with Crippen LogP contribution in [0.4, 0.5) is 24.5 Å². The predicted molar refractivity (Wildman–Crippen MR) is 109 cm³/mol. The molecule has 2 aromatic carbocycles. The van der Waals surface area contributed by atoms with Crippen molar-refractivity contribution in [2.45, 2.75) is 32.3 Å². The minimum absolute atomic E-state index is 0.109. The van der Waals surface area contributed by atoms with Crippen LogP contribution in [-0.2, 0) is 15.8 Å². The Labute approximate surface area is 171 Å². The lowest BCUT2D eigenvalue weighted by Crippen LogP contribution is -2.28. The summed E-state index contributed by atoms with van der Waals surface area (Å²) in [5.41, 5.74) is 0.615. The lowest BCUT2D eigenvalue weighted by Gasteiger charge is -2.25. The molecule has 1 atom stereocenters. The molecular formula is C21H21F3N2O2S. The molecule has 29 heavy (non-hydrogen) atoms. The standard InChI is InChI=1S/C21H21F3N2O2S/c1-20(2,3)19(28)25-15-8-4-13(5-9-15)18-26(17(27)12-29-18)16-10-6-14(7-11-16)21(22,23)24/h4-11,18H,12H2,1-3H3,(H,25,28). The second-order valence-corrected chi connectivity index (χ2v) is 8.87. The van der Waals surface area contributed by atoms with Gasteiger partial charge in [0.2, 0.25) is 11.8 Å². The van der Waals surface area contributed by atoms with Crippen LogP contribution in [0.2, 0.25) is 0 Å². The number of thioether (sulfide) groups is 1. The number of carbonyl (C=O) groups excluding carboxylic acids is 2. The summed E-state index contributed by atoms with van der Waals surface area (Å²) < 4.78 is 38.4. The van der Waals surface area contributed by atoms with Crippen molar-refractivity contribution in [3.63, 3.8) is 0 Å². The van der Waals surface area contributed by atoms with Crippen LogP contribution in [0.5, 0.6) is 0 Å². The summed E-state index contributed by atoms with van der Waals surface area (Å²) in [4.78, 5) is 26.0. The monoisotopic (exact) mass is 422 g/mol. The topological polar surface area (TPSA) is 49.4 Å². The molecular weight excluding hydrogens is 401 g/mol. The van der Waals surface area contributed by atoms with Gasteiger partial charge in [-0.15, -0.1) is 11.8 Å². The quantitative estimate of drug-likeness (QED) is 0.714. The first kappa shape index (κ1) is 21.2. The van der Waals surface area contributed by atoms with Crippen LogP contribution in [0, 0.1) is 5.41 Å². The molecule has 1 N–H and O–H groups in total. The highest BCUT2D eigenvalue weighted by molar-refractivity contribution is 8.00. The maximum Gasteiger partial charge on any atom is 0.416 e. The van der Waals surface area contributed by atoms with E-state index in [-0.39, 0.29) is 22.9 Å². The molecule has 0 radical (unpaired) electrons. The number of hydrogen-bond acceptors (Lipinski definition) is 3. The lowest BCUT2D eigenvalue weighted by molar-refractivity contribution is -0.137. The zero-order valence-corrected chi connectivity index (χ0v) is 17.0. The fourth-order valence-electron chi connectivity index (χ4n) is 2.81. The van der Waals surface area contributed by atoms with Gasteiger partial charge in [0.1, 0.15) is 5.37 Å². The van der Waals surface area contributed by atoms with Gasteiger partial charge in [-0.3, -0.25) is 14.5 Å². The number of nitrogens with one attached hydrogen (secondary N) is 1. The molecule has 2 aromatic rings. The Hall–Kier alpha value is -2.48. The van der Waals surface area contributed by atoms with Crippen molar-refractivity contribution in [2.75, 3.05) is 16.0 Å². The number of anilines is 2. The third-order valence-corrected chi connectivity index (χ3v) is 5.69. The molecule has 3 rings (SSSR count). The van der Waals surface area contributed by atoms with Crippen LogP contribution in [-0.4, -0.2) is 17.6 Å². The first-order valence-corrected chi connectivity index (χ1v) is 10.0. The fourth-order valence-corrected chi connectivity index (χ4v) is 3.99. The van der Waals surface area contributed by atoms with E-state index >= 15 is 0 Å². The molecule has 1 heterocycles. The highest BCUT2D eigenvalue weighted by Crippen LogP contribution is 2.42. The van der Waals surface area contributed by atoms with E-state index in [1.54, 1.807) is 12.1 Å². The van der Waals surface area contributed by atoms with E-state index < -0.39 is 17.2 Å². The number of amides is 2. The summed E-state index contributed by atoms with van der Waals surface area (Å²) >= 11 is 1.41. The molecule has 1 unspecified atom stereocenters. The molecule has 4 nitrogen and oxygen atoms in total. The molecule has 1 aliphatic heterocycles. The summed E-state index contributed by atoms with van der Waals surface area (Å²) in [5, 5.41) is 2.50. The normalized spacial score (nSPS) is 17.5. The average molecular weight is 422 g/mol. The number of alkyl halides is 3. The predicted octanol–water partition coefficient (Wildman–Crippen LogP) is 5.47. The first-order valence-electron chi connectivity index (χ1n) is 8.99. The van der Waals surface area contributed by atoms with Gasteiger partial charge in [-0.05, 0) is 42.0 Å². The maximum atomic E-state index is 12.8.